The van der Waals surface area contributed by atoms with Gasteiger partial charge in [0.25, 0.3) is 0 Å². The first kappa shape index (κ1) is 9.91. The highest BCUT2D eigenvalue weighted by Gasteiger charge is 2.33. The molecule has 0 aliphatic heterocycles. The lowest BCUT2D eigenvalue weighted by Gasteiger charge is -2.35. The zero-order valence-corrected chi connectivity index (χ0v) is 8.00. The zero-order chi connectivity index (χ0) is 10.8. The fraction of sp³-hybridized carbons (Fsp3) is 0.625. The highest BCUT2D eigenvalue weighted by Crippen LogP contribution is 2.32. The predicted octanol–water partition coefficient (Wildman–Crippen LogP) is -0.259. The van der Waals surface area contributed by atoms with E-state index in [1.165, 1.54) is 6.20 Å². The maximum atomic E-state index is 10.3. The van der Waals surface area contributed by atoms with Crippen molar-refractivity contribution in [3.8, 4) is 0 Å². The van der Waals surface area contributed by atoms with Crippen LogP contribution in [0.2, 0.25) is 0 Å². The number of hydrogen-bond acceptors (Lipinski definition) is 4. The number of hydrogen-bond donors (Lipinski definition) is 3. The minimum atomic E-state index is -1.00. The summed E-state index contributed by atoms with van der Waals surface area (Å²) in [5.74, 6) is 0. The van der Waals surface area contributed by atoms with E-state index < -0.39 is 6.09 Å². The Bertz CT molecular complexity index is 359. The smallest absolute Gasteiger partial charge is 0.404 e. The Labute approximate surface area is 85.7 Å². The number of nitrogens with one attached hydrogen (secondary N) is 1. The molecule has 0 radical (unpaired) electrons. The molecule has 1 heterocycles. The van der Waals surface area contributed by atoms with Crippen molar-refractivity contribution >= 4 is 6.09 Å². The molecule has 7 heteroatoms. The van der Waals surface area contributed by atoms with Gasteiger partial charge in [-0.1, -0.05) is 5.21 Å². The fourth-order valence-corrected chi connectivity index (χ4v) is 1.77. The molecule has 0 saturated heterocycles. The maximum Gasteiger partial charge on any atom is 0.404 e. The van der Waals surface area contributed by atoms with Crippen LogP contribution in [-0.2, 0) is 6.61 Å². The standard InChI is InChI=1S/C8H12N4O3/c13-4-7-3-9-11-12(7)6-1-5(2-6)10-8(14)15/h3,5-6,10,13H,1-2,4H2,(H,14,15). The topological polar surface area (TPSA) is 100 Å². The van der Waals surface area contributed by atoms with Gasteiger partial charge in [0.05, 0.1) is 24.5 Å². The van der Waals surface area contributed by atoms with Crippen LogP contribution in [0.25, 0.3) is 0 Å². The molecule has 1 aromatic heterocycles. The average molecular weight is 212 g/mol. The zero-order valence-electron chi connectivity index (χ0n) is 8.00. The molecule has 1 aliphatic carbocycles. The maximum absolute atomic E-state index is 10.3. The van der Waals surface area contributed by atoms with E-state index in [4.69, 9.17) is 10.2 Å². The second kappa shape index (κ2) is 3.85. The Balaban J connectivity index is 1.91. The van der Waals surface area contributed by atoms with Gasteiger partial charge in [0.1, 0.15) is 0 Å². The van der Waals surface area contributed by atoms with E-state index in [9.17, 15) is 4.79 Å². The Kier molecular flexibility index (Phi) is 2.55. The Morgan fingerprint density at radius 1 is 1.67 bits per heavy atom. The monoisotopic (exact) mass is 212 g/mol. The number of aromatic nitrogens is 3. The number of nitrogens with zero attached hydrogens (tertiary/aromatic N) is 3. The van der Waals surface area contributed by atoms with E-state index in [-0.39, 0.29) is 18.7 Å². The lowest BCUT2D eigenvalue weighted by atomic mass is 9.87. The molecule has 1 amide bonds. The van der Waals surface area contributed by atoms with Crippen LogP contribution in [0, 0.1) is 0 Å². The summed E-state index contributed by atoms with van der Waals surface area (Å²) in [6.07, 6.45) is 1.91. The predicted molar refractivity (Wildman–Crippen MR) is 49.2 cm³/mol. The number of aliphatic hydroxyl groups is 1. The van der Waals surface area contributed by atoms with E-state index in [2.05, 4.69) is 15.6 Å². The Hall–Kier alpha value is -1.63. The molecule has 0 aromatic carbocycles. The second-order valence-corrected chi connectivity index (χ2v) is 3.60. The van der Waals surface area contributed by atoms with E-state index in [1.807, 2.05) is 0 Å². The number of carboxylic acid groups (broad SMARTS) is 1. The van der Waals surface area contributed by atoms with Crippen molar-refractivity contribution in [3.05, 3.63) is 11.9 Å². The van der Waals surface area contributed by atoms with E-state index >= 15 is 0 Å². The normalized spacial score (nSPS) is 24.6. The van der Waals surface area contributed by atoms with Crippen molar-refractivity contribution in [2.45, 2.75) is 31.5 Å². The molecule has 3 N–H and O–H groups in total. The summed E-state index contributed by atoms with van der Waals surface area (Å²) in [6.45, 7) is -0.0967. The summed E-state index contributed by atoms with van der Waals surface area (Å²) >= 11 is 0. The Morgan fingerprint density at radius 2 is 2.40 bits per heavy atom. The molecule has 15 heavy (non-hydrogen) atoms. The van der Waals surface area contributed by atoms with Gasteiger partial charge < -0.3 is 15.5 Å². The SMILES string of the molecule is O=C(O)NC1CC(n2nncc2CO)C1. The van der Waals surface area contributed by atoms with Gasteiger partial charge in [-0.25, -0.2) is 9.48 Å². The van der Waals surface area contributed by atoms with E-state index in [0.29, 0.717) is 18.5 Å². The van der Waals surface area contributed by atoms with Gasteiger partial charge in [0, 0.05) is 6.04 Å². The lowest BCUT2D eigenvalue weighted by molar-refractivity contribution is 0.158. The molecule has 0 spiro atoms. The van der Waals surface area contributed by atoms with Crippen molar-refractivity contribution < 1.29 is 15.0 Å². The molecule has 1 aliphatic rings. The quantitative estimate of drug-likeness (QED) is 0.641. The molecule has 1 aromatic rings. The minimum absolute atomic E-state index is 0.0109. The summed E-state index contributed by atoms with van der Waals surface area (Å²) in [5.41, 5.74) is 0.661. The molecule has 1 fully saturated rings. The third-order valence-corrected chi connectivity index (χ3v) is 2.60. The van der Waals surface area contributed by atoms with Crippen LogP contribution in [-0.4, -0.2) is 37.3 Å². The number of rotatable bonds is 3. The number of amides is 1. The Morgan fingerprint density at radius 3 is 3.00 bits per heavy atom. The van der Waals surface area contributed by atoms with Gasteiger partial charge in [-0.15, -0.1) is 5.10 Å². The summed E-state index contributed by atoms with van der Waals surface area (Å²) in [5, 5.41) is 27.4. The molecular weight excluding hydrogens is 200 g/mol. The van der Waals surface area contributed by atoms with Crippen molar-refractivity contribution in [3.63, 3.8) is 0 Å². The van der Waals surface area contributed by atoms with E-state index in [0.717, 1.165) is 0 Å². The minimum Gasteiger partial charge on any atom is -0.465 e. The molecule has 7 nitrogen and oxygen atoms in total. The van der Waals surface area contributed by atoms with Crippen molar-refractivity contribution in [2.24, 2.45) is 0 Å². The largest absolute Gasteiger partial charge is 0.465 e. The highest BCUT2D eigenvalue weighted by atomic mass is 16.4. The van der Waals surface area contributed by atoms with Crippen LogP contribution >= 0.6 is 0 Å². The van der Waals surface area contributed by atoms with Crippen LogP contribution in [0.3, 0.4) is 0 Å². The van der Waals surface area contributed by atoms with Crippen LogP contribution in [0.1, 0.15) is 24.6 Å². The summed E-state index contributed by atoms with van der Waals surface area (Å²) < 4.78 is 1.65. The van der Waals surface area contributed by atoms with Crippen LogP contribution in [0.15, 0.2) is 6.20 Å². The first-order chi connectivity index (χ1) is 7.20. The molecular formula is C8H12N4O3. The van der Waals surface area contributed by atoms with Gasteiger partial charge in [-0.3, -0.25) is 0 Å². The van der Waals surface area contributed by atoms with Gasteiger partial charge >= 0.3 is 6.09 Å². The van der Waals surface area contributed by atoms with Gasteiger partial charge in [0.15, 0.2) is 0 Å². The van der Waals surface area contributed by atoms with Crippen molar-refractivity contribution in [1.82, 2.24) is 20.3 Å². The third kappa shape index (κ3) is 1.91. The third-order valence-electron chi connectivity index (χ3n) is 2.60. The fourth-order valence-electron chi connectivity index (χ4n) is 1.77. The van der Waals surface area contributed by atoms with Gasteiger partial charge in [0.2, 0.25) is 0 Å². The summed E-state index contributed by atoms with van der Waals surface area (Å²) in [6, 6.07) is 0.134. The summed E-state index contributed by atoms with van der Waals surface area (Å²) in [7, 11) is 0. The van der Waals surface area contributed by atoms with Crippen molar-refractivity contribution in [1.29, 1.82) is 0 Å². The number of aliphatic hydroxyl groups excluding tert-OH is 1. The molecule has 0 bridgehead atoms. The van der Waals surface area contributed by atoms with Crippen LogP contribution in [0.4, 0.5) is 4.79 Å². The second-order valence-electron chi connectivity index (χ2n) is 3.60. The van der Waals surface area contributed by atoms with Crippen LogP contribution in [0.5, 0.6) is 0 Å². The average Bonchev–Trinajstić information content (AvgIpc) is 2.57. The van der Waals surface area contributed by atoms with Crippen LogP contribution < -0.4 is 5.32 Å². The lowest BCUT2D eigenvalue weighted by Crippen LogP contribution is -2.45. The first-order valence-electron chi connectivity index (χ1n) is 4.70. The number of carbonyl (C=O) groups is 1. The highest BCUT2D eigenvalue weighted by molar-refractivity contribution is 5.65. The van der Waals surface area contributed by atoms with Crippen molar-refractivity contribution in [2.75, 3.05) is 0 Å². The first-order valence-corrected chi connectivity index (χ1v) is 4.70. The summed E-state index contributed by atoms with van der Waals surface area (Å²) in [4.78, 5) is 10.3. The molecule has 2 rings (SSSR count). The molecule has 1 saturated carbocycles. The van der Waals surface area contributed by atoms with E-state index in [1.54, 1.807) is 4.68 Å². The van der Waals surface area contributed by atoms with Gasteiger partial charge in [-0.2, -0.15) is 0 Å². The molecule has 82 valence electrons. The molecule has 0 atom stereocenters. The van der Waals surface area contributed by atoms with Gasteiger partial charge in [-0.05, 0) is 12.8 Å². The molecule has 0 unspecified atom stereocenters.